The number of benzene rings is 5. The number of fused-ring (bicyclic) bond motifs is 4. The lowest BCUT2D eigenvalue weighted by Gasteiger charge is -2.50. The Balaban J connectivity index is 1.13. The number of halogens is 1. The van der Waals surface area contributed by atoms with Gasteiger partial charge in [-0.25, -0.2) is 4.90 Å². The number of phenolic OH excluding ortho intramolecular Hbond substituents is 1. The molecule has 1 saturated carbocycles. The number of hydrogen-bond donors (Lipinski definition) is 1. The highest BCUT2D eigenvalue weighted by atomic mass is 35.5. The molecule has 2 heterocycles. The Labute approximate surface area is 353 Å². The third kappa shape index (κ3) is 6.08. The van der Waals surface area contributed by atoms with Crippen molar-refractivity contribution < 1.29 is 24.3 Å². The number of nitrogens with zero attached hydrogens (tertiary/aromatic N) is 5. The summed E-state index contributed by atoms with van der Waals surface area (Å²) >= 11 is 6.45. The predicted molar refractivity (Wildman–Crippen MR) is 232 cm³/mol. The van der Waals surface area contributed by atoms with Gasteiger partial charge in [0.1, 0.15) is 5.75 Å². The van der Waals surface area contributed by atoms with Crippen LogP contribution in [0, 0.1) is 23.7 Å². The fourth-order valence-electron chi connectivity index (χ4n) is 10.1. The average Bonchev–Trinajstić information content (AvgIpc) is 3.65. The average molecular weight is 816 g/mol. The quantitative estimate of drug-likeness (QED) is 0.0899. The van der Waals surface area contributed by atoms with E-state index >= 15 is 9.59 Å². The van der Waals surface area contributed by atoms with Gasteiger partial charge in [0, 0.05) is 36.3 Å². The molecule has 4 amide bonds. The topological polar surface area (TPSA) is 123 Å². The third-order valence-electron chi connectivity index (χ3n) is 12.7. The molecule has 0 radical (unpaired) electrons. The Bertz CT molecular complexity index is 2630. The van der Waals surface area contributed by atoms with Crippen molar-refractivity contribution in [2.24, 2.45) is 33.9 Å². The van der Waals surface area contributed by atoms with E-state index in [9.17, 15) is 14.7 Å². The summed E-state index contributed by atoms with van der Waals surface area (Å²) in [6, 6.07) is 35.9. The minimum atomic E-state index is -1.51. The molecule has 2 saturated heterocycles. The maximum atomic E-state index is 15.5. The molecule has 2 aliphatic heterocycles. The van der Waals surface area contributed by atoms with Crippen molar-refractivity contribution in [3.8, 4) is 5.75 Å². The zero-order chi connectivity index (χ0) is 41.9. The van der Waals surface area contributed by atoms with Gasteiger partial charge in [0.25, 0.3) is 0 Å². The lowest BCUT2D eigenvalue weighted by atomic mass is 9.49. The van der Waals surface area contributed by atoms with E-state index in [0.29, 0.717) is 50.9 Å². The second-order valence-corrected chi connectivity index (χ2v) is 16.5. The number of allylic oxidation sites excluding steroid dienone is 3. The molecular formula is C49H42ClN5O5. The number of para-hydroxylation sites is 1. The van der Waals surface area contributed by atoms with E-state index in [2.05, 4.69) is 16.8 Å². The molecule has 60 heavy (non-hydrogen) atoms. The summed E-state index contributed by atoms with van der Waals surface area (Å²) in [4.78, 5) is 64.3. The summed E-state index contributed by atoms with van der Waals surface area (Å²) in [5, 5.41) is 21.2. The van der Waals surface area contributed by atoms with E-state index < -0.39 is 46.8 Å². The maximum absolute atomic E-state index is 15.5. The van der Waals surface area contributed by atoms with Crippen molar-refractivity contribution in [2.45, 2.75) is 30.6 Å². The van der Waals surface area contributed by atoms with Crippen molar-refractivity contribution in [1.82, 2.24) is 0 Å². The summed E-state index contributed by atoms with van der Waals surface area (Å²) in [6.07, 6.45) is 4.43. The third-order valence-corrected chi connectivity index (χ3v) is 13.0. The fraction of sp³-hybridized carbons (Fsp3) is 0.224. The van der Waals surface area contributed by atoms with Crippen LogP contribution in [-0.4, -0.2) is 42.8 Å². The number of azo groups is 1. The smallest absolute Gasteiger partial charge is 0.246 e. The molecule has 300 valence electrons. The van der Waals surface area contributed by atoms with Crippen LogP contribution in [0.15, 0.2) is 156 Å². The first-order valence-corrected chi connectivity index (χ1v) is 20.4. The first-order chi connectivity index (χ1) is 29.0. The van der Waals surface area contributed by atoms with Gasteiger partial charge in [0.15, 0.2) is 0 Å². The maximum Gasteiger partial charge on any atom is 0.246 e. The van der Waals surface area contributed by atoms with Crippen LogP contribution in [0.2, 0.25) is 5.02 Å². The summed E-state index contributed by atoms with van der Waals surface area (Å²) in [6.45, 7) is 3.89. The van der Waals surface area contributed by atoms with Crippen LogP contribution < -0.4 is 14.7 Å². The molecular weight excluding hydrogens is 774 g/mol. The van der Waals surface area contributed by atoms with Gasteiger partial charge in [-0.2, -0.15) is 10.2 Å². The van der Waals surface area contributed by atoms with Crippen LogP contribution in [0.3, 0.4) is 0 Å². The normalized spacial score (nSPS) is 24.6. The molecule has 11 heteroatoms. The highest BCUT2D eigenvalue weighted by Gasteiger charge is 2.70. The van der Waals surface area contributed by atoms with Crippen LogP contribution >= 0.6 is 11.6 Å². The molecule has 3 fully saturated rings. The second kappa shape index (κ2) is 15.2. The Hall–Kier alpha value is -6.65. The number of imide groups is 2. The van der Waals surface area contributed by atoms with E-state index in [-0.39, 0.29) is 30.4 Å². The number of carbonyl (C=O) groups is 4. The van der Waals surface area contributed by atoms with Gasteiger partial charge in [-0.1, -0.05) is 83.9 Å². The van der Waals surface area contributed by atoms with E-state index in [1.165, 1.54) is 9.80 Å². The Kier molecular flexibility index (Phi) is 9.83. The first-order valence-electron chi connectivity index (χ1n) is 20.0. The molecule has 0 aromatic heterocycles. The zero-order valence-corrected chi connectivity index (χ0v) is 33.9. The van der Waals surface area contributed by atoms with Gasteiger partial charge < -0.3 is 10.0 Å². The number of aromatic hydroxyl groups is 1. The monoisotopic (exact) mass is 815 g/mol. The number of rotatable bonds is 9. The highest BCUT2D eigenvalue weighted by Crippen LogP contribution is 2.65. The van der Waals surface area contributed by atoms with Crippen molar-refractivity contribution in [3.63, 3.8) is 0 Å². The minimum absolute atomic E-state index is 0.000137. The van der Waals surface area contributed by atoms with Crippen LogP contribution in [-0.2, 0) is 31.0 Å². The molecule has 6 atom stereocenters. The van der Waals surface area contributed by atoms with Crippen molar-refractivity contribution in [2.75, 3.05) is 28.8 Å². The highest BCUT2D eigenvalue weighted by molar-refractivity contribution is 6.32. The summed E-state index contributed by atoms with van der Waals surface area (Å²) in [5.74, 6) is -5.46. The first kappa shape index (κ1) is 38.8. The lowest BCUT2D eigenvalue weighted by Crippen LogP contribution is -2.53. The molecule has 4 aliphatic rings. The summed E-state index contributed by atoms with van der Waals surface area (Å²) < 4.78 is 0. The zero-order valence-electron chi connectivity index (χ0n) is 33.1. The molecule has 2 aliphatic carbocycles. The van der Waals surface area contributed by atoms with Gasteiger partial charge in [-0.15, -0.1) is 6.58 Å². The minimum Gasteiger partial charge on any atom is -0.507 e. The predicted octanol–water partition coefficient (Wildman–Crippen LogP) is 9.62. The largest absolute Gasteiger partial charge is 0.507 e. The standard InChI is InChI=1S/C49H42ClN5O5/c1-4-10-29-11-8-16-39(44(29)56)43-37-25-26-38-42(47(59)54(45(38)57)35-23-19-33(20-24-35)52-51-32-17-21-34(22-18-32)53(2)3)40(37)28-41-46(58)55(36-15-9-14-31(50)27-36)48(60)49(41,43)30-12-6-5-7-13-30/h4-9,11-25,27,38,40-43,56H,1,10,26,28H2,2-3H3. The number of anilines is 3. The van der Waals surface area contributed by atoms with Crippen LogP contribution in [0.5, 0.6) is 5.75 Å². The molecule has 1 N–H and O–H groups in total. The SMILES string of the molecule is C=CCc1cccc(C2C3=CCC4C(=O)N(c5ccc(N=Nc6ccc(N(C)C)cc6)cc5)C(=O)C4C3CC3C(=O)N(c4cccc(Cl)c4)C(=O)C32c2ccccc2)c1O. The Morgan fingerprint density at radius 2 is 1.47 bits per heavy atom. The van der Waals surface area contributed by atoms with E-state index in [4.69, 9.17) is 11.6 Å². The molecule has 5 aromatic rings. The van der Waals surface area contributed by atoms with Gasteiger partial charge in [0.2, 0.25) is 23.6 Å². The second-order valence-electron chi connectivity index (χ2n) is 16.1. The lowest BCUT2D eigenvalue weighted by molar-refractivity contribution is -0.127. The van der Waals surface area contributed by atoms with Gasteiger partial charge in [0.05, 0.1) is 45.9 Å². The van der Waals surface area contributed by atoms with E-state index in [1.54, 1.807) is 60.7 Å². The Morgan fingerprint density at radius 3 is 2.13 bits per heavy atom. The molecule has 9 rings (SSSR count). The van der Waals surface area contributed by atoms with Crippen molar-refractivity contribution >= 4 is 63.7 Å². The summed E-state index contributed by atoms with van der Waals surface area (Å²) in [5.41, 5.74) is 3.98. The molecule has 0 bridgehead atoms. The van der Waals surface area contributed by atoms with E-state index in [0.717, 1.165) is 11.3 Å². The van der Waals surface area contributed by atoms with Crippen molar-refractivity contribution in [1.29, 1.82) is 0 Å². The van der Waals surface area contributed by atoms with E-state index in [1.807, 2.05) is 91.8 Å². The molecule has 5 aromatic carbocycles. The molecule has 6 unspecified atom stereocenters. The van der Waals surface area contributed by atoms with Crippen LogP contribution in [0.4, 0.5) is 28.4 Å². The number of carbonyl (C=O) groups excluding carboxylic acids is 4. The van der Waals surface area contributed by atoms with Gasteiger partial charge >= 0.3 is 0 Å². The van der Waals surface area contributed by atoms with Gasteiger partial charge in [-0.3, -0.25) is 24.1 Å². The number of amides is 4. The van der Waals surface area contributed by atoms with Crippen LogP contribution in [0.25, 0.3) is 0 Å². The Morgan fingerprint density at radius 1 is 0.783 bits per heavy atom. The van der Waals surface area contributed by atoms with Gasteiger partial charge in [-0.05, 0) is 103 Å². The summed E-state index contributed by atoms with van der Waals surface area (Å²) in [7, 11) is 3.93. The molecule has 10 nitrogen and oxygen atoms in total. The number of hydrogen-bond acceptors (Lipinski definition) is 8. The number of phenols is 1. The fourth-order valence-corrected chi connectivity index (χ4v) is 10.3. The molecule has 0 spiro atoms. The van der Waals surface area contributed by atoms with Crippen LogP contribution in [0.1, 0.15) is 35.4 Å². The van der Waals surface area contributed by atoms with Crippen molar-refractivity contribution in [3.05, 3.63) is 167 Å².